The largest absolute Gasteiger partial charge is 0.371 e. The van der Waals surface area contributed by atoms with Gasteiger partial charge in [-0.1, -0.05) is 41.9 Å². The van der Waals surface area contributed by atoms with Gasteiger partial charge in [-0.2, -0.15) is 0 Å². The average molecular weight is 456 g/mol. The highest BCUT2D eigenvalue weighted by Gasteiger charge is 2.23. The topological polar surface area (TPSA) is 58.2 Å². The first-order chi connectivity index (χ1) is 15.1. The van der Waals surface area contributed by atoms with Gasteiger partial charge in [-0.25, -0.2) is 9.37 Å². The predicted molar refractivity (Wildman–Crippen MR) is 121 cm³/mol. The van der Waals surface area contributed by atoms with Gasteiger partial charge in [0.05, 0.1) is 24.6 Å². The van der Waals surface area contributed by atoms with Crippen molar-refractivity contribution in [2.75, 3.05) is 19.7 Å². The number of halogens is 2. The SMILES string of the molecule is O=c1[nH]c(CN2CCOC(c3ccc(F)cc3)C2)nc2scc(-c3ccccc3Cl)c12. The number of nitrogens with one attached hydrogen (secondary N) is 1. The molecule has 5 nitrogen and oxygen atoms in total. The van der Waals surface area contributed by atoms with E-state index in [1.807, 2.05) is 29.6 Å². The van der Waals surface area contributed by atoms with Crippen molar-refractivity contribution in [3.8, 4) is 11.1 Å². The van der Waals surface area contributed by atoms with Crippen LogP contribution in [0.4, 0.5) is 4.39 Å². The fraction of sp³-hybridized carbons (Fsp3) is 0.217. The number of aromatic nitrogens is 2. The van der Waals surface area contributed by atoms with E-state index < -0.39 is 0 Å². The van der Waals surface area contributed by atoms with Crippen LogP contribution in [0.15, 0.2) is 58.7 Å². The van der Waals surface area contributed by atoms with E-state index in [4.69, 9.17) is 21.3 Å². The molecule has 5 rings (SSSR count). The van der Waals surface area contributed by atoms with Crippen molar-refractivity contribution < 1.29 is 9.13 Å². The van der Waals surface area contributed by atoms with Gasteiger partial charge in [0.1, 0.15) is 16.5 Å². The molecule has 31 heavy (non-hydrogen) atoms. The summed E-state index contributed by atoms with van der Waals surface area (Å²) in [5.74, 6) is 0.350. The van der Waals surface area contributed by atoms with Gasteiger partial charge in [0, 0.05) is 34.6 Å². The number of morpholine rings is 1. The molecule has 0 spiro atoms. The fourth-order valence-electron chi connectivity index (χ4n) is 3.88. The summed E-state index contributed by atoms with van der Waals surface area (Å²) in [6.07, 6.45) is -0.140. The van der Waals surface area contributed by atoms with E-state index >= 15 is 0 Å². The number of fused-ring (bicyclic) bond motifs is 1. The van der Waals surface area contributed by atoms with Crippen LogP contribution in [-0.2, 0) is 11.3 Å². The molecule has 0 bridgehead atoms. The van der Waals surface area contributed by atoms with Crippen LogP contribution in [0.3, 0.4) is 0 Å². The molecule has 1 unspecified atom stereocenters. The Hall–Kier alpha value is -2.58. The molecule has 1 aliphatic rings. The number of rotatable bonds is 4. The summed E-state index contributed by atoms with van der Waals surface area (Å²) >= 11 is 7.77. The van der Waals surface area contributed by atoms with Gasteiger partial charge in [0.15, 0.2) is 0 Å². The van der Waals surface area contributed by atoms with E-state index in [-0.39, 0.29) is 17.5 Å². The second kappa shape index (κ2) is 8.51. The summed E-state index contributed by atoms with van der Waals surface area (Å²) in [6, 6.07) is 13.9. The third-order valence-electron chi connectivity index (χ3n) is 5.42. The number of ether oxygens (including phenoxy) is 1. The van der Waals surface area contributed by atoms with Gasteiger partial charge in [0.2, 0.25) is 0 Å². The summed E-state index contributed by atoms with van der Waals surface area (Å²) < 4.78 is 19.1. The van der Waals surface area contributed by atoms with Crippen LogP contribution in [0.2, 0.25) is 5.02 Å². The first-order valence-electron chi connectivity index (χ1n) is 9.93. The zero-order chi connectivity index (χ0) is 21.4. The summed E-state index contributed by atoms with van der Waals surface area (Å²) in [4.78, 5) is 23.4. The van der Waals surface area contributed by atoms with Crippen LogP contribution in [0.25, 0.3) is 21.3 Å². The number of H-pyrrole nitrogens is 1. The number of hydrogen-bond donors (Lipinski definition) is 1. The minimum absolute atomic E-state index is 0.140. The van der Waals surface area contributed by atoms with Crippen LogP contribution >= 0.6 is 22.9 Å². The lowest BCUT2D eigenvalue weighted by Gasteiger charge is -2.32. The highest BCUT2D eigenvalue weighted by molar-refractivity contribution is 7.17. The van der Waals surface area contributed by atoms with E-state index in [2.05, 4.69) is 9.88 Å². The average Bonchev–Trinajstić information content (AvgIpc) is 3.19. The molecule has 0 aliphatic carbocycles. The number of benzene rings is 2. The van der Waals surface area contributed by atoms with E-state index in [1.165, 1.54) is 23.5 Å². The van der Waals surface area contributed by atoms with Crippen molar-refractivity contribution in [2.24, 2.45) is 0 Å². The molecule has 1 atom stereocenters. The molecule has 2 aromatic carbocycles. The maximum Gasteiger partial charge on any atom is 0.260 e. The van der Waals surface area contributed by atoms with Gasteiger partial charge < -0.3 is 9.72 Å². The first-order valence-corrected chi connectivity index (χ1v) is 11.2. The maximum atomic E-state index is 13.2. The lowest BCUT2D eigenvalue weighted by Crippen LogP contribution is -2.38. The number of aromatic amines is 1. The standard InChI is InChI=1S/C23H19ClFN3O2S/c24-18-4-2-1-3-16(18)17-13-31-23-21(17)22(29)26-20(27-23)12-28-9-10-30-19(11-28)14-5-7-15(25)8-6-14/h1-8,13,19H,9-12H2,(H,26,27,29). The molecule has 3 heterocycles. The summed E-state index contributed by atoms with van der Waals surface area (Å²) in [5, 5.41) is 3.09. The van der Waals surface area contributed by atoms with Crippen LogP contribution in [-0.4, -0.2) is 34.6 Å². The van der Waals surface area contributed by atoms with Crippen LogP contribution in [0.5, 0.6) is 0 Å². The van der Waals surface area contributed by atoms with Crippen LogP contribution in [0, 0.1) is 5.82 Å². The molecule has 0 saturated carbocycles. The van der Waals surface area contributed by atoms with E-state index in [9.17, 15) is 9.18 Å². The Bertz CT molecular complexity index is 1290. The monoisotopic (exact) mass is 455 g/mol. The Morgan fingerprint density at radius 2 is 2.00 bits per heavy atom. The third kappa shape index (κ3) is 4.14. The molecule has 8 heteroatoms. The van der Waals surface area contributed by atoms with Gasteiger partial charge in [-0.3, -0.25) is 9.69 Å². The van der Waals surface area contributed by atoms with E-state index in [0.717, 1.165) is 23.2 Å². The summed E-state index contributed by atoms with van der Waals surface area (Å²) in [5.41, 5.74) is 2.39. The quantitative estimate of drug-likeness (QED) is 0.469. The van der Waals surface area contributed by atoms with Crippen LogP contribution in [0.1, 0.15) is 17.5 Å². The predicted octanol–water partition coefficient (Wildman–Crippen LogP) is 5.02. The smallest absolute Gasteiger partial charge is 0.260 e. The fourth-order valence-corrected chi connectivity index (χ4v) is 5.08. The number of nitrogens with zero attached hydrogens (tertiary/aromatic N) is 2. The second-order valence-corrected chi connectivity index (χ2v) is 8.73. The molecule has 2 aromatic heterocycles. The van der Waals surface area contributed by atoms with E-state index in [0.29, 0.717) is 40.8 Å². The normalized spacial score (nSPS) is 17.3. The van der Waals surface area contributed by atoms with Gasteiger partial charge in [-0.05, 0) is 23.8 Å². The van der Waals surface area contributed by atoms with Crippen molar-refractivity contribution in [3.63, 3.8) is 0 Å². The van der Waals surface area contributed by atoms with Gasteiger partial charge in [0.25, 0.3) is 5.56 Å². The Kier molecular flexibility index (Phi) is 5.58. The molecule has 4 aromatic rings. The molecule has 1 N–H and O–H groups in total. The molecular weight excluding hydrogens is 437 g/mol. The highest BCUT2D eigenvalue weighted by Crippen LogP contribution is 2.35. The second-order valence-electron chi connectivity index (χ2n) is 7.47. The molecule has 1 fully saturated rings. The lowest BCUT2D eigenvalue weighted by atomic mass is 10.1. The summed E-state index contributed by atoms with van der Waals surface area (Å²) in [7, 11) is 0. The van der Waals surface area contributed by atoms with Crippen molar-refractivity contribution in [2.45, 2.75) is 12.6 Å². The van der Waals surface area contributed by atoms with Crippen LogP contribution < -0.4 is 5.56 Å². The van der Waals surface area contributed by atoms with E-state index in [1.54, 1.807) is 12.1 Å². The first kappa shape index (κ1) is 20.3. The van der Waals surface area contributed by atoms with Gasteiger partial charge in [-0.15, -0.1) is 11.3 Å². The molecule has 1 aliphatic heterocycles. The zero-order valence-corrected chi connectivity index (χ0v) is 18.0. The Balaban J connectivity index is 1.39. The molecule has 158 valence electrons. The van der Waals surface area contributed by atoms with Crippen molar-refractivity contribution in [3.05, 3.63) is 86.5 Å². The zero-order valence-electron chi connectivity index (χ0n) is 16.5. The summed E-state index contributed by atoms with van der Waals surface area (Å²) in [6.45, 7) is 2.44. The molecule has 1 saturated heterocycles. The molecule has 0 amide bonds. The van der Waals surface area contributed by atoms with Crippen molar-refractivity contribution >= 4 is 33.2 Å². The number of hydrogen-bond acceptors (Lipinski definition) is 5. The molecular formula is C23H19ClFN3O2S. The third-order valence-corrected chi connectivity index (χ3v) is 6.62. The maximum absolute atomic E-state index is 13.2. The minimum atomic E-state index is -0.265. The minimum Gasteiger partial charge on any atom is -0.371 e. The Labute approximate surface area is 187 Å². The Morgan fingerprint density at radius 3 is 2.81 bits per heavy atom. The Morgan fingerprint density at radius 1 is 1.19 bits per heavy atom. The molecule has 0 radical (unpaired) electrons. The lowest BCUT2D eigenvalue weighted by molar-refractivity contribution is -0.0336. The van der Waals surface area contributed by atoms with Crippen molar-refractivity contribution in [1.29, 1.82) is 0 Å². The van der Waals surface area contributed by atoms with Crippen molar-refractivity contribution in [1.82, 2.24) is 14.9 Å². The highest BCUT2D eigenvalue weighted by atomic mass is 35.5. The van der Waals surface area contributed by atoms with Gasteiger partial charge >= 0.3 is 0 Å². The number of thiophene rings is 1.